The molecule has 0 saturated carbocycles. The first-order valence-electron chi connectivity index (χ1n) is 12.6. The van der Waals surface area contributed by atoms with Gasteiger partial charge in [-0.1, -0.05) is 12.1 Å². The van der Waals surface area contributed by atoms with Gasteiger partial charge in [0.25, 0.3) is 11.8 Å². The average molecular weight is 539 g/mol. The third kappa shape index (κ3) is 5.19. The molecule has 8 nitrogen and oxygen atoms in total. The van der Waals surface area contributed by atoms with Crippen molar-refractivity contribution in [3.8, 4) is 23.0 Å². The van der Waals surface area contributed by atoms with Gasteiger partial charge in [0, 0.05) is 13.1 Å². The number of hydrogen-bond donors (Lipinski definition) is 1. The van der Waals surface area contributed by atoms with Crippen molar-refractivity contribution in [2.75, 3.05) is 40.5 Å². The summed E-state index contributed by atoms with van der Waals surface area (Å²) in [7, 11) is 2.78. The van der Waals surface area contributed by atoms with Crippen molar-refractivity contribution in [2.45, 2.75) is 18.9 Å². The molecule has 10 heteroatoms. The second-order valence-corrected chi connectivity index (χ2v) is 9.20. The molecule has 6 bridgehead atoms. The molecule has 3 heterocycles. The van der Waals surface area contributed by atoms with Gasteiger partial charge in [-0.15, -0.1) is 0 Å². The molecule has 0 spiro atoms. The van der Waals surface area contributed by atoms with Crippen molar-refractivity contribution < 1.29 is 37.3 Å². The van der Waals surface area contributed by atoms with Gasteiger partial charge >= 0.3 is 0 Å². The van der Waals surface area contributed by atoms with E-state index < -0.39 is 29.1 Å². The highest BCUT2D eigenvalue weighted by molar-refractivity contribution is 5.98. The summed E-state index contributed by atoms with van der Waals surface area (Å²) in [6.45, 7) is 0.778. The van der Waals surface area contributed by atoms with Crippen molar-refractivity contribution in [1.82, 2.24) is 10.2 Å². The van der Waals surface area contributed by atoms with Crippen LogP contribution in [0.15, 0.2) is 48.5 Å². The van der Waals surface area contributed by atoms with Crippen LogP contribution < -0.4 is 24.3 Å². The van der Waals surface area contributed by atoms with Gasteiger partial charge in [0.1, 0.15) is 17.1 Å². The van der Waals surface area contributed by atoms with E-state index in [2.05, 4.69) is 5.32 Å². The summed E-state index contributed by atoms with van der Waals surface area (Å²) in [5.74, 6) is -2.11. The van der Waals surface area contributed by atoms with E-state index in [1.165, 1.54) is 25.2 Å². The molecule has 0 saturated heterocycles. The van der Waals surface area contributed by atoms with E-state index in [9.17, 15) is 14.0 Å². The number of benzene rings is 3. The van der Waals surface area contributed by atoms with E-state index in [-0.39, 0.29) is 24.8 Å². The van der Waals surface area contributed by atoms with Crippen LogP contribution in [-0.2, 0) is 11.2 Å². The van der Waals surface area contributed by atoms with E-state index in [1.807, 2.05) is 18.2 Å². The molecular formula is C29H28F2N2O6. The quantitative estimate of drug-likeness (QED) is 0.542. The number of carbonyl (C=O) groups is 2. The number of nitrogens with one attached hydrogen (secondary N) is 1. The lowest BCUT2D eigenvalue weighted by atomic mass is 9.87. The highest BCUT2D eigenvalue weighted by Gasteiger charge is 2.37. The first kappa shape index (κ1) is 26.3. The molecule has 0 radical (unpaired) electrons. The van der Waals surface area contributed by atoms with Gasteiger partial charge in [-0.05, 0) is 65.9 Å². The second-order valence-electron chi connectivity index (χ2n) is 9.20. The smallest absolute Gasteiger partial charge is 0.261 e. The van der Waals surface area contributed by atoms with Crippen LogP contribution in [0.5, 0.6) is 23.0 Å². The molecule has 3 aromatic rings. The van der Waals surface area contributed by atoms with Crippen LogP contribution >= 0.6 is 0 Å². The van der Waals surface area contributed by atoms with E-state index in [0.717, 1.165) is 17.2 Å². The highest BCUT2D eigenvalue weighted by atomic mass is 19.2. The summed E-state index contributed by atoms with van der Waals surface area (Å²) >= 11 is 0. The Labute approximate surface area is 224 Å². The fourth-order valence-electron chi connectivity index (χ4n) is 4.98. The molecule has 0 aliphatic carbocycles. The van der Waals surface area contributed by atoms with Crippen LogP contribution in [-0.4, -0.2) is 57.2 Å². The van der Waals surface area contributed by atoms with E-state index in [1.54, 1.807) is 18.2 Å². The van der Waals surface area contributed by atoms with Crippen LogP contribution in [0.25, 0.3) is 0 Å². The molecule has 3 aliphatic heterocycles. The van der Waals surface area contributed by atoms with Crippen LogP contribution in [0.3, 0.4) is 0 Å². The molecule has 39 heavy (non-hydrogen) atoms. The molecular weight excluding hydrogens is 510 g/mol. The Hall–Kier alpha value is -4.34. The van der Waals surface area contributed by atoms with Gasteiger partial charge in [0.05, 0.1) is 26.9 Å². The number of nitrogens with zero attached hydrogens (tertiary/aromatic N) is 1. The third-order valence-electron chi connectivity index (χ3n) is 6.85. The zero-order valence-electron chi connectivity index (χ0n) is 21.6. The molecule has 1 N–H and O–H groups in total. The molecule has 1 unspecified atom stereocenters. The fraction of sp³-hybridized carbons (Fsp3) is 0.310. The number of amides is 2. The first-order valence-corrected chi connectivity index (χ1v) is 12.6. The Kier molecular flexibility index (Phi) is 7.53. The lowest BCUT2D eigenvalue weighted by Crippen LogP contribution is -2.41. The van der Waals surface area contributed by atoms with Crippen molar-refractivity contribution in [2.24, 2.45) is 0 Å². The standard InChI is InChI=1S/C29H28F2N2O6/c1-36-22-8-7-21(30)27(31)26(22)29(35)33-11-9-17-14-24-23(37-2)15-20(17)28(33)18-5-3-6-19(13-18)38-12-4-10-32-25(34)16-39-24/h3,5-8,13-15,28H,4,9-12,16H2,1-2H3,(H,32,34). The topological polar surface area (TPSA) is 86.3 Å². The average Bonchev–Trinajstić information content (AvgIpc) is 2.95. The van der Waals surface area contributed by atoms with Crippen LogP contribution in [0.4, 0.5) is 8.78 Å². The minimum atomic E-state index is -1.27. The van der Waals surface area contributed by atoms with Crippen LogP contribution in [0, 0.1) is 11.6 Å². The van der Waals surface area contributed by atoms with E-state index in [0.29, 0.717) is 48.8 Å². The zero-order valence-corrected chi connectivity index (χ0v) is 21.6. The highest BCUT2D eigenvalue weighted by Crippen LogP contribution is 2.43. The molecule has 204 valence electrons. The molecule has 0 fully saturated rings. The van der Waals surface area contributed by atoms with Crippen molar-refractivity contribution in [3.63, 3.8) is 0 Å². The van der Waals surface area contributed by atoms with E-state index >= 15 is 4.39 Å². The van der Waals surface area contributed by atoms with Crippen LogP contribution in [0.2, 0.25) is 0 Å². The summed E-state index contributed by atoms with van der Waals surface area (Å²) in [5, 5.41) is 2.80. The maximum atomic E-state index is 15.0. The third-order valence-corrected chi connectivity index (χ3v) is 6.85. The van der Waals surface area contributed by atoms with E-state index in [4.69, 9.17) is 18.9 Å². The largest absolute Gasteiger partial charge is 0.496 e. The Balaban J connectivity index is 1.67. The lowest BCUT2D eigenvalue weighted by Gasteiger charge is -2.38. The van der Waals surface area contributed by atoms with Gasteiger partial charge in [-0.25, -0.2) is 8.78 Å². The first-order chi connectivity index (χ1) is 18.9. The maximum Gasteiger partial charge on any atom is 0.261 e. The Bertz CT molecular complexity index is 1410. The van der Waals surface area contributed by atoms with Crippen molar-refractivity contribution in [3.05, 3.63) is 82.4 Å². The Morgan fingerprint density at radius 2 is 1.87 bits per heavy atom. The predicted molar refractivity (Wildman–Crippen MR) is 138 cm³/mol. The lowest BCUT2D eigenvalue weighted by molar-refractivity contribution is -0.123. The molecule has 6 rings (SSSR count). The summed E-state index contributed by atoms with van der Waals surface area (Å²) < 4.78 is 51.8. The molecule has 3 aliphatic rings. The van der Waals surface area contributed by atoms with Crippen molar-refractivity contribution in [1.29, 1.82) is 0 Å². The Morgan fingerprint density at radius 1 is 1.05 bits per heavy atom. The zero-order chi connectivity index (χ0) is 27.5. The SMILES string of the molecule is COc1cc2c3cc1OCC(=O)NCCCOc1cccc(c1)C2N(C(=O)c1c(OC)ccc(F)c1F)CC3. The normalized spacial score (nSPS) is 17.1. The van der Waals surface area contributed by atoms with Crippen LogP contribution in [0.1, 0.15) is 39.5 Å². The number of carbonyl (C=O) groups excluding carboxylic acids is 2. The minimum Gasteiger partial charge on any atom is -0.496 e. The summed E-state index contributed by atoms with van der Waals surface area (Å²) in [6.07, 6.45) is 0.976. The fourth-order valence-corrected chi connectivity index (χ4v) is 4.98. The van der Waals surface area contributed by atoms with Gasteiger partial charge in [-0.2, -0.15) is 0 Å². The number of halogens is 2. The monoisotopic (exact) mass is 538 g/mol. The molecule has 3 aromatic carbocycles. The second kappa shape index (κ2) is 11.2. The number of rotatable bonds is 3. The van der Waals surface area contributed by atoms with Gasteiger partial charge in [0.2, 0.25) is 0 Å². The number of methoxy groups -OCH3 is 2. The maximum absolute atomic E-state index is 15.0. The summed E-state index contributed by atoms with van der Waals surface area (Å²) in [5.41, 5.74) is 1.83. The predicted octanol–water partition coefficient (Wildman–Crippen LogP) is 4.05. The van der Waals surface area contributed by atoms with Gasteiger partial charge in [0.15, 0.2) is 29.7 Å². The molecule has 1 atom stereocenters. The molecule has 0 aromatic heterocycles. The summed E-state index contributed by atoms with van der Waals surface area (Å²) in [4.78, 5) is 27.7. The van der Waals surface area contributed by atoms with Gasteiger partial charge < -0.3 is 29.2 Å². The Morgan fingerprint density at radius 3 is 2.67 bits per heavy atom. The number of hydrogen-bond acceptors (Lipinski definition) is 6. The number of ether oxygens (including phenoxy) is 4. The van der Waals surface area contributed by atoms with Gasteiger partial charge in [-0.3, -0.25) is 9.59 Å². The summed E-state index contributed by atoms with van der Waals surface area (Å²) in [6, 6.07) is 12.3. The van der Waals surface area contributed by atoms with Crippen molar-refractivity contribution >= 4 is 11.8 Å². The minimum absolute atomic E-state index is 0.0606. The number of fused-ring (bicyclic) bond motifs is 8. The molecule has 2 amide bonds.